The van der Waals surface area contributed by atoms with Crippen molar-refractivity contribution in [2.75, 3.05) is 5.32 Å². The number of rotatable bonds is 2. The summed E-state index contributed by atoms with van der Waals surface area (Å²) < 4.78 is 1.77. The summed E-state index contributed by atoms with van der Waals surface area (Å²) in [6.07, 6.45) is 0.454. The Morgan fingerprint density at radius 1 is 1.35 bits per heavy atom. The molecule has 1 aliphatic heterocycles. The van der Waals surface area contributed by atoms with Crippen molar-refractivity contribution in [2.24, 2.45) is 0 Å². The van der Waals surface area contributed by atoms with Crippen molar-refractivity contribution in [2.45, 2.75) is 19.3 Å². The van der Waals surface area contributed by atoms with E-state index in [1.807, 2.05) is 42.6 Å². The summed E-state index contributed by atoms with van der Waals surface area (Å²) in [7, 11) is 0. The fraction of sp³-hybridized carbons (Fsp3) is 0.176. The van der Waals surface area contributed by atoms with Crippen molar-refractivity contribution in [3.63, 3.8) is 0 Å². The molecule has 1 amide bonds. The molecule has 1 atom stereocenters. The zero-order chi connectivity index (χ0) is 16.0. The van der Waals surface area contributed by atoms with Crippen LogP contribution in [-0.2, 0) is 4.79 Å². The number of benzene rings is 1. The molecule has 4 rings (SSSR count). The zero-order valence-electron chi connectivity index (χ0n) is 12.4. The van der Waals surface area contributed by atoms with Crippen LogP contribution in [0.3, 0.4) is 0 Å². The van der Waals surface area contributed by atoms with Crippen LogP contribution in [0.5, 0.6) is 0 Å². The van der Waals surface area contributed by atoms with Gasteiger partial charge in [-0.05, 0) is 36.6 Å². The number of nitrogens with zero attached hydrogens (tertiary/aromatic N) is 2. The molecule has 116 valence electrons. The molecule has 0 aliphatic carbocycles. The van der Waals surface area contributed by atoms with Crippen molar-refractivity contribution in [3.8, 4) is 5.69 Å². The van der Waals surface area contributed by atoms with Crippen LogP contribution < -0.4 is 5.32 Å². The number of carbonyl (C=O) groups is 1. The molecule has 0 unspecified atom stereocenters. The fourth-order valence-electron chi connectivity index (χ4n) is 3.07. The minimum atomic E-state index is 0.0130. The maximum atomic E-state index is 12.2. The van der Waals surface area contributed by atoms with Crippen LogP contribution in [0.15, 0.2) is 41.8 Å². The zero-order valence-corrected chi connectivity index (χ0v) is 14.0. The molecule has 0 bridgehead atoms. The molecule has 0 spiro atoms. The maximum absolute atomic E-state index is 12.2. The number of aromatic nitrogens is 2. The first kappa shape index (κ1) is 14.5. The third-order valence-electron chi connectivity index (χ3n) is 4.04. The topological polar surface area (TPSA) is 46.9 Å². The van der Waals surface area contributed by atoms with Crippen molar-refractivity contribution < 1.29 is 4.79 Å². The number of thiophene rings is 1. The molecule has 2 aromatic heterocycles. The highest BCUT2D eigenvalue weighted by Crippen LogP contribution is 2.41. The minimum absolute atomic E-state index is 0.0130. The number of aryl methyl sites for hydroxylation is 1. The summed E-state index contributed by atoms with van der Waals surface area (Å²) in [5, 5.41) is 10.3. The van der Waals surface area contributed by atoms with E-state index in [1.54, 1.807) is 16.0 Å². The van der Waals surface area contributed by atoms with E-state index in [4.69, 9.17) is 11.6 Å². The molecule has 3 heterocycles. The normalized spacial score (nSPS) is 17.0. The Bertz CT molecular complexity index is 885. The summed E-state index contributed by atoms with van der Waals surface area (Å²) in [5.41, 5.74) is 2.86. The van der Waals surface area contributed by atoms with E-state index < -0.39 is 0 Å². The number of nitrogens with one attached hydrogen (secondary N) is 1. The van der Waals surface area contributed by atoms with Crippen LogP contribution in [-0.4, -0.2) is 15.7 Å². The lowest BCUT2D eigenvalue weighted by molar-refractivity contribution is -0.116. The first-order valence-corrected chi connectivity index (χ1v) is 8.58. The maximum Gasteiger partial charge on any atom is 0.226 e. The van der Waals surface area contributed by atoms with Gasteiger partial charge in [-0.1, -0.05) is 23.7 Å². The number of halogens is 1. The number of amides is 1. The second-order valence-corrected chi connectivity index (χ2v) is 6.98. The first-order chi connectivity index (χ1) is 11.1. The van der Waals surface area contributed by atoms with E-state index in [2.05, 4.69) is 16.5 Å². The third kappa shape index (κ3) is 2.46. The molecule has 0 radical (unpaired) electrons. The molecular formula is C17H14ClN3OS. The lowest BCUT2D eigenvalue weighted by Gasteiger charge is -2.23. The highest BCUT2D eigenvalue weighted by Gasteiger charge is 2.33. The van der Waals surface area contributed by atoms with Gasteiger partial charge in [0.05, 0.1) is 11.4 Å². The Morgan fingerprint density at radius 3 is 2.96 bits per heavy atom. The van der Waals surface area contributed by atoms with Gasteiger partial charge in [0, 0.05) is 27.8 Å². The van der Waals surface area contributed by atoms with Gasteiger partial charge in [0.2, 0.25) is 5.91 Å². The van der Waals surface area contributed by atoms with E-state index in [0.29, 0.717) is 11.4 Å². The van der Waals surface area contributed by atoms with Crippen LogP contribution in [0.25, 0.3) is 5.69 Å². The van der Waals surface area contributed by atoms with Crippen molar-refractivity contribution in [3.05, 3.63) is 62.9 Å². The summed E-state index contributed by atoms with van der Waals surface area (Å²) >= 11 is 7.77. The molecule has 1 aromatic carbocycles. The fourth-order valence-corrected chi connectivity index (χ4v) is 4.10. The van der Waals surface area contributed by atoms with Gasteiger partial charge < -0.3 is 5.32 Å². The first-order valence-electron chi connectivity index (χ1n) is 7.32. The van der Waals surface area contributed by atoms with E-state index in [0.717, 1.165) is 22.8 Å². The van der Waals surface area contributed by atoms with Crippen molar-refractivity contribution >= 4 is 34.7 Å². The molecule has 0 saturated carbocycles. The van der Waals surface area contributed by atoms with Gasteiger partial charge in [0.1, 0.15) is 5.82 Å². The monoisotopic (exact) mass is 343 g/mol. The summed E-state index contributed by atoms with van der Waals surface area (Å²) in [6, 6.07) is 11.6. The third-order valence-corrected chi connectivity index (χ3v) is 5.26. The summed E-state index contributed by atoms with van der Waals surface area (Å²) in [4.78, 5) is 13.4. The SMILES string of the molecule is Cc1nn(-c2cccc(Cl)c2)c2c1[C@@H](c1cccs1)CC(=O)N2. The molecule has 0 saturated heterocycles. The van der Waals surface area contributed by atoms with Gasteiger partial charge in [-0.3, -0.25) is 4.79 Å². The average molecular weight is 344 g/mol. The van der Waals surface area contributed by atoms with Crippen LogP contribution in [0.1, 0.15) is 28.5 Å². The average Bonchev–Trinajstić information content (AvgIpc) is 3.15. The van der Waals surface area contributed by atoms with Gasteiger partial charge in [-0.15, -0.1) is 11.3 Å². The van der Waals surface area contributed by atoms with Gasteiger partial charge >= 0.3 is 0 Å². The Morgan fingerprint density at radius 2 is 2.22 bits per heavy atom. The molecule has 0 fully saturated rings. The number of hydrogen-bond donors (Lipinski definition) is 1. The molecule has 6 heteroatoms. The number of anilines is 1. The molecule has 3 aromatic rings. The van der Waals surface area contributed by atoms with E-state index >= 15 is 0 Å². The minimum Gasteiger partial charge on any atom is -0.310 e. The van der Waals surface area contributed by atoms with Crippen molar-refractivity contribution in [1.82, 2.24) is 9.78 Å². The lowest BCUT2D eigenvalue weighted by Crippen LogP contribution is -2.24. The van der Waals surface area contributed by atoms with Gasteiger partial charge in [0.15, 0.2) is 0 Å². The second-order valence-electron chi connectivity index (χ2n) is 5.56. The highest BCUT2D eigenvalue weighted by molar-refractivity contribution is 7.10. The lowest BCUT2D eigenvalue weighted by atomic mass is 9.91. The Balaban J connectivity index is 1.90. The second kappa shape index (κ2) is 5.51. The number of hydrogen-bond acceptors (Lipinski definition) is 3. The standard InChI is InChI=1S/C17H14ClN3OS/c1-10-16-13(14-6-3-7-23-14)9-15(22)19-17(16)21(20-10)12-5-2-4-11(18)8-12/h2-8,13H,9H2,1H3,(H,19,22)/t13-/m1/s1. The van der Waals surface area contributed by atoms with Gasteiger partial charge in [-0.2, -0.15) is 5.10 Å². The summed E-state index contributed by atoms with van der Waals surface area (Å²) in [5.74, 6) is 0.824. The van der Waals surface area contributed by atoms with Crippen LogP contribution in [0.2, 0.25) is 5.02 Å². The largest absolute Gasteiger partial charge is 0.310 e. The predicted molar refractivity (Wildman–Crippen MR) is 92.7 cm³/mol. The molecule has 1 N–H and O–H groups in total. The quantitative estimate of drug-likeness (QED) is 0.751. The Kier molecular flexibility index (Phi) is 3.47. The van der Waals surface area contributed by atoms with Gasteiger partial charge in [0.25, 0.3) is 0 Å². The van der Waals surface area contributed by atoms with E-state index in [-0.39, 0.29) is 11.8 Å². The van der Waals surface area contributed by atoms with Crippen LogP contribution >= 0.6 is 22.9 Å². The number of carbonyl (C=O) groups excluding carboxylic acids is 1. The van der Waals surface area contributed by atoms with Crippen molar-refractivity contribution in [1.29, 1.82) is 0 Å². The molecular weight excluding hydrogens is 330 g/mol. The molecule has 1 aliphatic rings. The highest BCUT2D eigenvalue weighted by atomic mass is 35.5. The summed E-state index contributed by atoms with van der Waals surface area (Å²) in [6.45, 7) is 1.98. The number of fused-ring (bicyclic) bond motifs is 1. The van der Waals surface area contributed by atoms with E-state index in [1.165, 1.54) is 4.88 Å². The smallest absolute Gasteiger partial charge is 0.226 e. The van der Waals surface area contributed by atoms with E-state index in [9.17, 15) is 4.79 Å². The van der Waals surface area contributed by atoms with Crippen LogP contribution in [0, 0.1) is 6.92 Å². The Labute approximate surface area is 142 Å². The Hall–Kier alpha value is -2.11. The molecule has 4 nitrogen and oxygen atoms in total. The predicted octanol–water partition coefficient (Wildman–Crippen LogP) is 4.37. The van der Waals surface area contributed by atoms with Crippen LogP contribution in [0.4, 0.5) is 5.82 Å². The molecule has 23 heavy (non-hydrogen) atoms. The van der Waals surface area contributed by atoms with Gasteiger partial charge in [-0.25, -0.2) is 4.68 Å².